The molecule has 0 amide bonds. The zero-order valence-corrected chi connectivity index (χ0v) is 18.1. The fourth-order valence-electron chi connectivity index (χ4n) is 2.96. The molecule has 0 aliphatic carbocycles. The van der Waals surface area contributed by atoms with Gasteiger partial charge in [0.1, 0.15) is 0 Å². The van der Waals surface area contributed by atoms with E-state index < -0.39 is 10.0 Å². The van der Waals surface area contributed by atoms with Crippen LogP contribution >= 0.6 is 11.6 Å². The first-order valence-electron chi connectivity index (χ1n) is 9.47. The molecule has 0 bridgehead atoms. The largest absolute Gasteiger partial charge is 0.466 e. The fourth-order valence-corrected chi connectivity index (χ4v) is 4.54. The van der Waals surface area contributed by atoms with Crippen LogP contribution in [0.5, 0.6) is 0 Å². The van der Waals surface area contributed by atoms with E-state index in [0.717, 1.165) is 11.1 Å². The van der Waals surface area contributed by atoms with E-state index >= 15 is 0 Å². The summed E-state index contributed by atoms with van der Waals surface area (Å²) in [7, 11) is -3.83. The van der Waals surface area contributed by atoms with E-state index in [4.69, 9.17) is 16.3 Å². The van der Waals surface area contributed by atoms with Crippen LogP contribution < -0.4 is 4.31 Å². The Morgan fingerprint density at radius 2 is 1.53 bits per heavy atom. The minimum Gasteiger partial charge on any atom is -0.466 e. The molecule has 7 heteroatoms. The quantitative estimate of drug-likeness (QED) is 0.467. The molecular formula is C23H22ClNO4S. The number of sulfonamides is 1. The topological polar surface area (TPSA) is 63.7 Å². The van der Waals surface area contributed by atoms with Crippen LogP contribution in [-0.2, 0) is 32.5 Å². The molecule has 0 aliphatic rings. The van der Waals surface area contributed by atoms with Crippen LogP contribution in [0.1, 0.15) is 18.1 Å². The van der Waals surface area contributed by atoms with E-state index in [9.17, 15) is 13.2 Å². The summed E-state index contributed by atoms with van der Waals surface area (Å²) >= 11 is 5.92. The van der Waals surface area contributed by atoms with Gasteiger partial charge < -0.3 is 4.74 Å². The van der Waals surface area contributed by atoms with Gasteiger partial charge in [-0.15, -0.1) is 0 Å². The van der Waals surface area contributed by atoms with Gasteiger partial charge >= 0.3 is 5.97 Å². The summed E-state index contributed by atoms with van der Waals surface area (Å²) in [6.45, 7) is 2.24. The Labute approximate surface area is 181 Å². The summed E-state index contributed by atoms with van der Waals surface area (Å²) in [6, 6.07) is 22.3. The lowest BCUT2D eigenvalue weighted by Gasteiger charge is -2.25. The van der Waals surface area contributed by atoms with Gasteiger partial charge in [-0.1, -0.05) is 54.1 Å². The predicted octanol–water partition coefficient (Wildman–Crippen LogP) is 4.84. The molecule has 0 aromatic heterocycles. The molecule has 0 N–H and O–H groups in total. The lowest BCUT2D eigenvalue weighted by molar-refractivity contribution is -0.142. The van der Waals surface area contributed by atoms with E-state index in [0.29, 0.717) is 17.3 Å². The number of carbonyl (C=O) groups excluding carboxylic acids is 1. The molecule has 0 saturated carbocycles. The van der Waals surface area contributed by atoms with Crippen LogP contribution in [-0.4, -0.2) is 21.0 Å². The maximum absolute atomic E-state index is 13.4. The van der Waals surface area contributed by atoms with Gasteiger partial charge in [-0.25, -0.2) is 8.42 Å². The average molecular weight is 444 g/mol. The van der Waals surface area contributed by atoms with Gasteiger partial charge in [-0.2, -0.15) is 0 Å². The van der Waals surface area contributed by atoms with Gasteiger partial charge in [0.15, 0.2) is 0 Å². The number of carbonyl (C=O) groups is 1. The Bertz CT molecular complexity index is 1080. The first-order valence-corrected chi connectivity index (χ1v) is 11.3. The maximum Gasteiger partial charge on any atom is 0.310 e. The van der Waals surface area contributed by atoms with Crippen molar-refractivity contribution in [1.82, 2.24) is 0 Å². The molecule has 0 atom stereocenters. The summed E-state index contributed by atoms with van der Waals surface area (Å²) in [5, 5.41) is 0.465. The third-order valence-corrected chi connectivity index (χ3v) is 6.49. The molecule has 0 heterocycles. The van der Waals surface area contributed by atoms with Crippen LogP contribution in [0.4, 0.5) is 5.69 Å². The van der Waals surface area contributed by atoms with Gasteiger partial charge in [0.05, 0.1) is 30.2 Å². The summed E-state index contributed by atoms with van der Waals surface area (Å²) in [5.74, 6) is -0.319. The van der Waals surface area contributed by atoms with E-state index in [1.54, 1.807) is 43.3 Å². The molecule has 0 unspecified atom stereocenters. The number of nitrogens with zero attached hydrogens (tertiary/aromatic N) is 1. The van der Waals surface area contributed by atoms with Gasteiger partial charge in [0.2, 0.25) is 0 Å². The van der Waals surface area contributed by atoms with Gasteiger partial charge in [-0.05, 0) is 54.4 Å². The Morgan fingerprint density at radius 3 is 2.13 bits per heavy atom. The minimum atomic E-state index is -3.83. The second kappa shape index (κ2) is 9.78. The van der Waals surface area contributed by atoms with E-state index in [1.807, 2.05) is 30.3 Å². The normalized spacial score (nSPS) is 11.1. The molecule has 156 valence electrons. The maximum atomic E-state index is 13.4. The Balaban J connectivity index is 1.95. The molecule has 5 nitrogen and oxygen atoms in total. The SMILES string of the molecule is CCOC(=O)Cc1ccc(N(Cc2ccccc2)S(=O)(=O)c2ccc(Cl)cc2)cc1. The van der Waals surface area contributed by atoms with Crippen LogP contribution in [0.2, 0.25) is 5.02 Å². The van der Waals surface area contributed by atoms with Crippen molar-refractivity contribution in [2.45, 2.75) is 24.8 Å². The number of hydrogen-bond donors (Lipinski definition) is 0. The van der Waals surface area contributed by atoms with Crippen molar-refractivity contribution in [2.75, 3.05) is 10.9 Å². The van der Waals surface area contributed by atoms with Crippen molar-refractivity contribution in [3.63, 3.8) is 0 Å². The Kier molecular flexibility index (Phi) is 7.13. The van der Waals surface area contributed by atoms with E-state index in [-0.39, 0.29) is 23.8 Å². The number of ether oxygens (including phenoxy) is 1. The summed E-state index contributed by atoms with van der Waals surface area (Å²) < 4.78 is 33.1. The minimum absolute atomic E-state index is 0.136. The summed E-state index contributed by atoms with van der Waals surface area (Å²) in [4.78, 5) is 11.9. The second-order valence-corrected chi connectivity index (χ2v) is 8.90. The number of rotatable bonds is 8. The first kappa shape index (κ1) is 21.9. The highest BCUT2D eigenvalue weighted by Crippen LogP contribution is 2.27. The second-order valence-electron chi connectivity index (χ2n) is 6.60. The number of benzene rings is 3. The highest BCUT2D eigenvalue weighted by atomic mass is 35.5. The van der Waals surface area contributed by atoms with Crippen molar-refractivity contribution < 1.29 is 17.9 Å². The molecule has 3 aromatic rings. The van der Waals surface area contributed by atoms with Gasteiger partial charge in [0, 0.05) is 5.02 Å². The fraction of sp³-hybridized carbons (Fsp3) is 0.174. The van der Waals surface area contributed by atoms with Crippen molar-refractivity contribution in [3.8, 4) is 0 Å². The number of halogens is 1. The lowest BCUT2D eigenvalue weighted by Crippen LogP contribution is -2.30. The molecule has 0 saturated heterocycles. The van der Waals surface area contributed by atoms with E-state index in [1.165, 1.54) is 16.4 Å². The molecule has 0 radical (unpaired) electrons. The van der Waals surface area contributed by atoms with Crippen LogP contribution in [0.3, 0.4) is 0 Å². The molecule has 0 fully saturated rings. The monoisotopic (exact) mass is 443 g/mol. The zero-order valence-electron chi connectivity index (χ0n) is 16.5. The van der Waals surface area contributed by atoms with Crippen LogP contribution in [0.15, 0.2) is 83.8 Å². The van der Waals surface area contributed by atoms with Crippen LogP contribution in [0, 0.1) is 0 Å². The number of anilines is 1. The van der Waals surface area contributed by atoms with Crippen molar-refractivity contribution >= 4 is 33.3 Å². The third-order valence-electron chi connectivity index (χ3n) is 4.45. The van der Waals surface area contributed by atoms with Crippen molar-refractivity contribution in [2.24, 2.45) is 0 Å². The summed E-state index contributed by atoms with van der Waals surface area (Å²) in [6.07, 6.45) is 0.136. The van der Waals surface area contributed by atoms with Crippen LogP contribution in [0.25, 0.3) is 0 Å². The van der Waals surface area contributed by atoms with Crippen molar-refractivity contribution in [3.05, 3.63) is 95.0 Å². The molecule has 3 aromatic carbocycles. The lowest BCUT2D eigenvalue weighted by atomic mass is 10.1. The Hall–Kier alpha value is -2.83. The smallest absolute Gasteiger partial charge is 0.310 e. The Morgan fingerprint density at radius 1 is 0.900 bits per heavy atom. The van der Waals surface area contributed by atoms with E-state index in [2.05, 4.69) is 0 Å². The molecular weight excluding hydrogens is 422 g/mol. The third kappa shape index (κ3) is 5.40. The van der Waals surface area contributed by atoms with Gasteiger partial charge in [-0.3, -0.25) is 9.10 Å². The van der Waals surface area contributed by atoms with Gasteiger partial charge in [0.25, 0.3) is 10.0 Å². The summed E-state index contributed by atoms with van der Waals surface area (Å²) in [5.41, 5.74) is 2.10. The zero-order chi connectivity index (χ0) is 21.6. The predicted molar refractivity (Wildman–Crippen MR) is 118 cm³/mol. The molecule has 0 aliphatic heterocycles. The average Bonchev–Trinajstić information content (AvgIpc) is 2.74. The highest BCUT2D eigenvalue weighted by molar-refractivity contribution is 7.92. The van der Waals surface area contributed by atoms with Crippen molar-refractivity contribution in [1.29, 1.82) is 0 Å². The molecule has 0 spiro atoms. The number of esters is 1. The standard InChI is InChI=1S/C23H22ClNO4S/c1-2-29-23(26)16-18-8-12-21(13-9-18)25(17-19-6-4-3-5-7-19)30(27,28)22-14-10-20(24)11-15-22/h3-15H,2,16-17H2,1H3. The molecule has 30 heavy (non-hydrogen) atoms. The number of hydrogen-bond acceptors (Lipinski definition) is 4. The molecule has 3 rings (SSSR count). The first-order chi connectivity index (χ1) is 14.4. The highest BCUT2D eigenvalue weighted by Gasteiger charge is 2.25.